The summed E-state index contributed by atoms with van der Waals surface area (Å²) in [6.07, 6.45) is 3.89. The van der Waals surface area contributed by atoms with Crippen LogP contribution in [0.3, 0.4) is 0 Å². The van der Waals surface area contributed by atoms with Crippen molar-refractivity contribution in [3.63, 3.8) is 0 Å². The number of para-hydroxylation sites is 2. The molecule has 0 unspecified atom stereocenters. The van der Waals surface area contributed by atoms with Gasteiger partial charge in [-0.25, -0.2) is 9.67 Å². The van der Waals surface area contributed by atoms with Crippen molar-refractivity contribution in [2.75, 3.05) is 0 Å². The van der Waals surface area contributed by atoms with Gasteiger partial charge in [-0.05, 0) is 30.7 Å². The van der Waals surface area contributed by atoms with E-state index < -0.39 is 0 Å². The maximum absolute atomic E-state index is 4.72. The Balaban J connectivity index is 0.000000815. The average molecular weight is 315 g/mol. The van der Waals surface area contributed by atoms with Crippen LogP contribution in [0.15, 0.2) is 73.1 Å². The zero-order chi connectivity index (χ0) is 16.9. The molecule has 0 saturated heterocycles. The van der Waals surface area contributed by atoms with Crippen LogP contribution in [0.25, 0.3) is 27.8 Å². The van der Waals surface area contributed by atoms with Gasteiger partial charge in [-0.15, -0.1) is 0 Å². The molecule has 2 aromatic carbocycles. The molecule has 3 heteroatoms. The fraction of sp³-hybridized carbons (Fsp3) is 0.143. The molecule has 0 spiro atoms. The predicted octanol–water partition coefficient (Wildman–Crippen LogP) is 5.42. The zero-order valence-corrected chi connectivity index (χ0v) is 14.3. The Labute approximate surface area is 142 Å². The number of fused-ring (bicyclic) bond motifs is 1. The molecule has 0 aliphatic carbocycles. The van der Waals surface area contributed by atoms with E-state index >= 15 is 0 Å². The first-order valence-electron chi connectivity index (χ1n) is 8.28. The smallest absolute Gasteiger partial charge is 0.0741 e. The van der Waals surface area contributed by atoms with Crippen LogP contribution in [0.2, 0.25) is 0 Å². The van der Waals surface area contributed by atoms with E-state index in [2.05, 4.69) is 36.3 Å². The molecular weight excluding hydrogens is 294 g/mol. The minimum Gasteiger partial charge on any atom is -0.248 e. The first kappa shape index (κ1) is 15.9. The molecule has 0 fully saturated rings. The van der Waals surface area contributed by atoms with E-state index in [-0.39, 0.29) is 0 Å². The lowest BCUT2D eigenvalue weighted by molar-refractivity contribution is 0.873. The molecule has 0 N–H and O–H groups in total. The minimum absolute atomic E-state index is 0.943. The highest BCUT2D eigenvalue weighted by atomic mass is 15.3. The Morgan fingerprint density at radius 2 is 1.58 bits per heavy atom. The van der Waals surface area contributed by atoms with Crippen molar-refractivity contribution in [3.05, 3.63) is 78.6 Å². The molecule has 0 radical (unpaired) electrons. The van der Waals surface area contributed by atoms with Crippen LogP contribution in [-0.2, 0) is 0 Å². The van der Waals surface area contributed by atoms with Crippen LogP contribution >= 0.6 is 0 Å². The van der Waals surface area contributed by atoms with E-state index in [1.54, 1.807) is 0 Å². The summed E-state index contributed by atoms with van der Waals surface area (Å²) in [5, 5.41) is 5.63. The zero-order valence-electron chi connectivity index (χ0n) is 14.3. The lowest BCUT2D eigenvalue weighted by Gasteiger charge is -2.04. The summed E-state index contributed by atoms with van der Waals surface area (Å²) < 4.78 is 1.90. The van der Waals surface area contributed by atoms with Crippen LogP contribution in [-0.4, -0.2) is 14.8 Å². The maximum Gasteiger partial charge on any atom is 0.0741 e. The summed E-state index contributed by atoms with van der Waals surface area (Å²) >= 11 is 0. The van der Waals surface area contributed by atoms with E-state index in [9.17, 15) is 0 Å². The summed E-state index contributed by atoms with van der Waals surface area (Å²) in [4.78, 5) is 4.72. The number of hydrogen-bond acceptors (Lipinski definition) is 2. The predicted molar refractivity (Wildman–Crippen MR) is 100 cm³/mol. The van der Waals surface area contributed by atoms with Crippen molar-refractivity contribution in [3.8, 4) is 16.9 Å². The minimum atomic E-state index is 0.943. The molecule has 0 saturated carbocycles. The fourth-order valence-corrected chi connectivity index (χ4v) is 2.63. The van der Waals surface area contributed by atoms with Gasteiger partial charge in [0.2, 0.25) is 0 Å². The van der Waals surface area contributed by atoms with Gasteiger partial charge in [0.15, 0.2) is 0 Å². The van der Waals surface area contributed by atoms with E-state index in [0.29, 0.717) is 0 Å². The summed E-state index contributed by atoms with van der Waals surface area (Å²) in [7, 11) is 0. The molecule has 0 atom stereocenters. The van der Waals surface area contributed by atoms with Crippen LogP contribution < -0.4 is 0 Å². The number of aryl methyl sites for hydroxylation is 1. The highest BCUT2D eigenvalue weighted by Crippen LogP contribution is 2.22. The highest BCUT2D eigenvalue weighted by Gasteiger charge is 2.07. The first-order valence-corrected chi connectivity index (χ1v) is 8.28. The van der Waals surface area contributed by atoms with Gasteiger partial charge >= 0.3 is 0 Å². The number of benzene rings is 2. The van der Waals surface area contributed by atoms with Gasteiger partial charge in [-0.1, -0.05) is 56.3 Å². The Hall–Kier alpha value is -2.94. The van der Waals surface area contributed by atoms with E-state index in [4.69, 9.17) is 4.98 Å². The van der Waals surface area contributed by atoms with Crippen molar-refractivity contribution >= 4 is 10.9 Å². The Bertz CT molecular complexity index is 954. The Morgan fingerprint density at radius 1 is 0.833 bits per heavy atom. The average Bonchev–Trinajstić information content (AvgIpc) is 3.13. The third-order valence-corrected chi connectivity index (χ3v) is 3.84. The topological polar surface area (TPSA) is 30.7 Å². The molecule has 4 rings (SSSR count). The van der Waals surface area contributed by atoms with Crippen LogP contribution in [0.4, 0.5) is 0 Å². The molecule has 0 aliphatic rings. The van der Waals surface area contributed by atoms with Gasteiger partial charge in [0.05, 0.1) is 23.1 Å². The van der Waals surface area contributed by atoms with Gasteiger partial charge in [-0.2, -0.15) is 5.10 Å². The molecule has 24 heavy (non-hydrogen) atoms. The molecule has 0 bridgehead atoms. The van der Waals surface area contributed by atoms with Crippen LogP contribution in [0, 0.1) is 6.92 Å². The number of pyridine rings is 1. The molecule has 0 amide bonds. The Morgan fingerprint density at radius 3 is 2.42 bits per heavy atom. The lowest BCUT2D eigenvalue weighted by Crippen LogP contribution is -1.96. The quantitative estimate of drug-likeness (QED) is 0.494. The molecule has 0 aliphatic heterocycles. The highest BCUT2D eigenvalue weighted by molar-refractivity contribution is 5.81. The first-order chi connectivity index (χ1) is 11.8. The second-order valence-electron chi connectivity index (χ2n) is 5.35. The second-order valence-corrected chi connectivity index (χ2v) is 5.35. The van der Waals surface area contributed by atoms with Crippen molar-refractivity contribution < 1.29 is 0 Å². The van der Waals surface area contributed by atoms with Gasteiger partial charge in [0, 0.05) is 17.1 Å². The van der Waals surface area contributed by atoms with E-state index in [1.807, 2.05) is 67.3 Å². The molecule has 2 heterocycles. The number of aromatic nitrogens is 3. The number of hydrogen-bond donors (Lipinski definition) is 0. The number of rotatable bonds is 2. The molecule has 3 nitrogen and oxygen atoms in total. The van der Waals surface area contributed by atoms with Crippen molar-refractivity contribution in [1.82, 2.24) is 14.8 Å². The largest absolute Gasteiger partial charge is 0.248 e. The van der Waals surface area contributed by atoms with Crippen LogP contribution in [0.1, 0.15) is 19.4 Å². The van der Waals surface area contributed by atoms with Gasteiger partial charge in [-0.3, -0.25) is 0 Å². The lowest BCUT2D eigenvalue weighted by atomic mass is 10.1. The third kappa shape index (κ3) is 3.06. The van der Waals surface area contributed by atoms with Gasteiger partial charge in [0.25, 0.3) is 0 Å². The third-order valence-electron chi connectivity index (χ3n) is 3.84. The second kappa shape index (κ2) is 7.09. The van der Waals surface area contributed by atoms with Gasteiger partial charge in [0.1, 0.15) is 0 Å². The summed E-state index contributed by atoms with van der Waals surface area (Å²) in [5.74, 6) is 0. The van der Waals surface area contributed by atoms with Crippen molar-refractivity contribution in [2.45, 2.75) is 20.8 Å². The monoisotopic (exact) mass is 315 g/mol. The Kier molecular flexibility index (Phi) is 4.71. The number of nitrogens with zero attached hydrogens (tertiary/aromatic N) is 3. The van der Waals surface area contributed by atoms with E-state index in [0.717, 1.165) is 27.8 Å². The maximum atomic E-state index is 4.72. The summed E-state index contributed by atoms with van der Waals surface area (Å²) in [6, 6.07) is 20.5. The van der Waals surface area contributed by atoms with E-state index in [1.165, 1.54) is 5.56 Å². The summed E-state index contributed by atoms with van der Waals surface area (Å²) in [6.45, 7) is 6.09. The molecule has 120 valence electrons. The van der Waals surface area contributed by atoms with Crippen molar-refractivity contribution in [2.24, 2.45) is 0 Å². The molecule has 2 aromatic heterocycles. The fourth-order valence-electron chi connectivity index (χ4n) is 2.63. The van der Waals surface area contributed by atoms with Gasteiger partial charge < -0.3 is 0 Å². The normalized spacial score (nSPS) is 10.3. The standard InChI is InChI=1S/C19H15N3.C2H6/c1-14-6-2-5-9-19(14)22-13-16(12-20-22)18-11-10-15-7-3-4-8-17(15)21-18;1-2/h2-13H,1H3;1-2H3. The molecular formula is C21H21N3. The molecule has 4 aromatic rings. The SMILES string of the molecule is CC.Cc1ccccc1-n1cc(-c2ccc3ccccc3n2)cn1. The summed E-state index contributed by atoms with van der Waals surface area (Å²) in [5.41, 5.74) is 5.26. The van der Waals surface area contributed by atoms with Crippen molar-refractivity contribution in [1.29, 1.82) is 0 Å². The van der Waals surface area contributed by atoms with Crippen LogP contribution in [0.5, 0.6) is 0 Å².